The molecule has 0 aliphatic carbocycles. The average molecular weight is 310 g/mol. The third kappa shape index (κ3) is 2.17. The predicted octanol–water partition coefficient (Wildman–Crippen LogP) is 4.17. The number of rotatable bonds is 2. The van der Waals surface area contributed by atoms with E-state index in [4.69, 9.17) is 23.2 Å². The molecule has 1 aliphatic rings. The molecule has 1 fully saturated rings. The van der Waals surface area contributed by atoms with Gasteiger partial charge >= 0.3 is 0 Å². The van der Waals surface area contributed by atoms with E-state index in [1.807, 2.05) is 12.1 Å². The Labute approximate surface area is 125 Å². The minimum atomic E-state index is -0.610. The summed E-state index contributed by atoms with van der Waals surface area (Å²) in [5.74, 6) is -0.523. The number of β-lactam (4-membered cyclic amide) rings is 1. The zero-order chi connectivity index (χ0) is 14.3. The molecule has 1 heterocycles. The number of hydrogen-bond acceptors (Lipinski definition) is 1. The Morgan fingerprint density at radius 1 is 1.00 bits per heavy atom. The Morgan fingerprint density at radius 2 is 1.60 bits per heavy atom. The van der Waals surface area contributed by atoms with Gasteiger partial charge in [0.15, 0.2) is 0 Å². The summed E-state index contributed by atoms with van der Waals surface area (Å²) in [6.45, 7) is 0. The number of nitrogens with zero attached hydrogens (tertiary/aromatic N) is 1. The van der Waals surface area contributed by atoms with Gasteiger partial charge in [0.05, 0.1) is 6.04 Å². The van der Waals surface area contributed by atoms with Crippen molar-refractivity contribution in [1.29, 1.82) is 0 Å². The minimum Gasteiger partial charge on any atom is -0.302 e. The van der Waals surface area contributed by atoms with Crippen LogP contribution in [0.1, 0.15) is 11.6 Å². The molecule has 1 amide bonds. The molecule has 102 valence electrons. The van der Waals surface area contributed by atoms with E-state index < -0.39 is 5.38 Å². The number of anilines is 1. The molecule has 5 heteroatoms. The number of halogens is 3. The maximum atomic E-state index is 13.0. The van der Waals surface area contributed by atoms with Crippen LogP contribution in [0.2, 0.25) is 5.02 Å². The van der Waals surface area contributed by atoms with Crippen molar-refractivity contribution in [1.82, 2.24) is 0 Å². The predicted molar refractivity (Wildman–Crippen MR) is 77.7 cm³/mol. The van der Waals surface area contributed by atoms with Gasteiger partial charge in [-0.3, -0.25) is 4.79 Å². The van der Waals surface area contributed by atoms with Gasteiger partial charge in [-0.1, -0.05) is 23.7 Å². The van der Waals surface area contributed by atoms with Crippen LogP contribution in [0.3, 0.4) is 0 Å². The van der Waals surface area contributed by atoms with Crippen LogP contribution in [-0.4, -0.2) is 11.3 Å². The van der Waals surface area contributed by atoms with Gasteiger partial charge in [0.2, 0.25) is 5.91 Å². The monoisotopic (exact) mass is 309 g/mol. The zero-order valence-electron chi connectivity index (χ0n) is 10.3. The highest BCUT2D eigenvalue weighted by Gasteiger charge is 2.47. The third-order valence-electron chi connectivity index (χ3n) is 3.35. The molecule has 3 rings (SSSR count). The number of amides is 1. The fourth-order valence-corrected chi connectivity index (χ4v) is 2.81. The van der Waals surface area contributed by atoms with Crippen LogP contribution < -0.4 is 4.90 Å². The van der Waals surface area contributed by atoms with Crippen LogP contribution in [0.25, 0.3) is 0 Å². The van der Waals surface area contributed by atoms with Crippen LogP contribution in [-0.2, 0) is 4.79 Å². The molecule has 2 aromatic rings. The minimum absolute atomic E-state index is 0.182. The number of carbonyl (C=O) groups excluding carboxylic acids is 1. The van der Waals surface area contributed by atoms with Crippen molar-refractivity contribution < 1.29 is 9.18 Å². The first-order valence-electron chi connectivity index (χ1n) is 6.06. The number of benzene rings is 2. The lowest BCUT2D eigenvalue weighted by Gasteiger charge is -2.44. The number of carbonyl (C=O) groups is 1. The molecular weight excluding hydrogens is 300 g/mol. The fraction of sp³-hybridized carbons (Fsp3) is 0.133. The summed E-state index contributed by atoms with van der Waals surface area (Å²) in [5.41, 5.74) is 1.53. The fourth-order valence-electron chi connectivity index (χ4n) is 2.32. The zero-order valence-corrected chi connectivity index (χ0v) is 11.8. The van der Waals surface area contributed by atoms with E-state index >= 15 is 0 Å². The average Bonchev–Trinajstić information content (AvgIpc) is 2.46. The van der Waals surface area contributed by atoms with E-state index in [1.165, 1.54) is 12.1 Å². The number of hydrogen-bond donors (Lipinski definition) is 0. The van der Waals surface area contributed by atoms with Crippen molar-refractivity contribution in [2.75, 3.05) is 4.90 Å². The van der Waals surface area contributed by atoms with Crippen LogP contribution in [0.4, 0.5) is 10.1 Å². The van der Waals surface area contributed by atoms with E-state index in [-0.39, 0.29) is 17.8 Å². The summed E-state index contributed by atoms with van der Waals surface area (Å²) in [6.07, 6.45) is 0. The molecule has 0 bridgehead atoms. The third-order valence-corrected chi connectivity index (χ3v) is 4.02. The van der Waals surface area contributed by atoms with E-state index in [2.05, 4.69) is 0 Å². The molecule has 1 saturated heterocycles. The van der Waals surface area contributed by atoms with Gasteiger partial charge in [-0.25, -0.2) is 4.39 Å². The second-order valence-electron chi connectivity index (χ2n) is 4.58. The van der Waals surface area contributed by atoms with Gasteiger partial charge in [-0.15, -0.1) is 11.6 Å². The largest absolute Gasteiger partial charge is 0.302 e. The Balaban J connectivity index is 1.95. The quantitative estimate of drug-likeness (QED) is 0.602. The Kier molecular flexibility index (Phi) is 3.40. The molecule has 2 nitrogen and oxygen atoms in total. The molecule has 2 atom stereocenters. The van der Waals surface area contributed by atoms with Gasteiger partial charge in [-0.2, -0.15) is 0 Å². The summed E-state index contributed by atoms with van der Waals surface area (Å²) >= 11 is 12.0. The summed E-state index contributed by atoms with van der Waals surface area (Å²) in [6, 6.07) is 12.7. The van der Waals surface area contributed by atoms with E-state index in [9.17, 15) is 9.18 Å². The van der Waals surface area contributed by atoms with Crippen molar-refractivity contribution in [3.63, 3.8) is 0 Å². The summed E-state index contributed by atoms with van der Waals surface area (Å²) in [4.78, 5) is 13.5. The Morgan fingerprint density at radius 3 is 2.20 bits per heavy atom. The second kappa shape index (κ2) is 5.08. The Hall–Kier alpha value is -1.58. The topological polar surface area (TPSA) is 20.3 Å². The molecule has 0 unspecified atom stereocenters. The normalized spacial score (nSPS) is 21.8. The molecule has 0 saturated carbocycles. The Bertz CT molecular complexity index is 642. The maximum absolute atomic E-state index is 13.0. The van der Waals surface area contributed by atoms with Crippen molar-refractivity contribution >= 4 is 34.8 Å². The molecule has 20 heavy (non-hydrogen) atoms. The van der Waals surface area contributed by atoms with Crippen LogP contribution >= 0.6 is 23.2 Å². The van der Waals surface area contributed by atoms with Gasteiger partial charge in [0.1, 0.15) is 11.2 Å². The highest BCUT2D eigenvalue weighted by Crippen LogP contribution is 2.42. The smallest absolute Gasteiger partial charge is 0.248 e. The van der Waals surface area contributed by atoms with Crippen molar-refractivity contribution in [3.8, 4) is 0 Å². The second-order valence-corrected chi connectivity index (χ2v) is 5.49. The molecule has 0 radical (unpaired) electrons. The SMILES string of the molecule is O=C1[C@H](Cl)[C@@H](c2ccc(Cl)cc2)N1c1ccc(F)cc1. The molecule has 2 aromatic carbocycles. The van der Waals surface area contributed by atoms with Crippen molar-refractivity contribution in [2.45, 2.75) is 11.4 Å². The van der Waals surface area contributed by atoms with E-state index in [1.54, 1.807) is 29.2 Å². The molecule has 0 aromatic heterocycles. The first kappa shape index (κ1) is 13.4. The van der Waals surface area contributed by atoms with Gasteiger partial charge in [0.25, 0.3) is 0 Å². The number of alkyl halides is 1. The molecule has 0 N–H and O–H groups in total. The highest BCUT2D eigenvalue weighted by molar-refractivity contribution is 6.37. The first-order valence-corrected chi connectivity index (χ1v) is 6.87. The lowest BCUT2D eigenvalue weighted by molar-refractivity contribution is -0.123. The highest BCUT2D eigenvalue weighted by atomic mass is 35.5. The van der Waals surface area contributed by atoms with Gasteiger partial charge < -0.3 is 4.90 Å². The van der Waals surface area contributed by atoms with Crippen LogP contribution in [0.5, 0.6) is 0 Å². The van der Waals surface area contributed by atoms with Crippen molar-refractivity contribution in [3.05, 3.63) is 64.9 Å². The lowest BCUT2D eigenvalue weighted by atomic mass is 9.92. The molecular formula is C15H10Cl2FNO. The standard InChI is InChI=1S/C15H10Cl2FNO/c16-10-3-1-9(2-4-10)14-13(17)15(20)19(14)12-7-5-11(18)6-8-12/h1-8,13-14H/t13-,14-/m1/s1. The molecule has 0 spiro atoms. The maximum Gasteiger partial charge on any atom is 0.248 e. The molecule has 1 aliphatic heterocycles. The van der Waals surface area contributed by atoms with Gasteiger partial charge in [-0.05, 0) is 42.0 Å². The summed E-state index contributed by atoms with van der Waals surface area (Å²) in [5, 5.41) is 0.0140. The summed E-state index contributed by atoms with van der Waals surface area (Å²) in [7, 11) is 0. The van der Waals surface area contributed by atoms with Crippen LogP contribution in [0, 0.1) is 5.82 Å². The lowest BCUT2D eigenvalue weighted by Crippen LogP contribution is -2.56. The van der Waals surface area contributed by atoms with Gasteiger partial charge in [0, 0.05) is 10.7 Å². The summed E-state index contributed by atoms with van der Waals surface area (Å²) < 4.78 is 13.0. The van der Waals surface area contributed by atoms with E-state index in [0.29, 0.717) is 10.7 Å². The van der Waals surface area contributed by atoms with Crippen LogP contribution in [0.15, 0.2) is 48.5 Å². The van der Waals surface area contributed by atoms with E-state index in [0.717, 1.165) is 5.56 Å². The first-order chi connectivity index (χ1) is 9.58. The van der Waals surface area contributed by atoms with Crippen molar-refractivity contribution in [2.24, 2.45) is 0 Å².